The normalized spacial score (nSPS) is 11.7. The Labute approximate surface area is 134 Å². The first-order chi connectivity index (χ1) is 10.2. The molecule has 1 atom stereocenters. The molecule has 2 aromatic rings. The Kier molecular flexibility index (Phi) is 5.41. The molecule has 0 aromatic heterocycles. The van der Waals surface area contributed by atoms with Gasteiger partial charge in [0, 0.05) is 5.33 Å². The van der Waals surface area contributed by atoms with E-state index in [1.54, 1.807) is 0 Å². The van der Waals surface area contributed by atoms with Crippen molar-refractivity contribution in [2.45, 2.75) is 31.5 Å². The smallest absolute Gasteiger partial charge is 0.145 e. The molecular formula is C18H18BrNO. The Bertz CT molecular complexity index is 661. The monoisotopic (exact) mass is 343 g/mol. The zero-order chi connectivity index (χ0) is 15.2. The number of hydrogen-bond donors (Lipinski definition) is 0. The minimum atomic E-state index is 0.425. The van der Waals surface area contributed by atoms with E-state index >= 15 is 0 Å². The van der Waals surface area contributed by atoms with Crippen molar-refractivity contribution in [2.75, 3.05) is 0 Å². The lowest BCUT2D eigenvalue weighted by atomic mass is 9.98. The molecule has 0 saturated carbocycles. The molecule has 0 bridgehead atoms. The standard InChI is InChI=1S/C18H18BrNO/c1-3-13(2)16-6-4-5-7-18(16)21-17-9-8-14(11-19)10-15(17)12-20/h4-10,13H,3,11H2,1-2H3. The zero-order valence-electron chi connectivity index (χ0n) is 12.3. The first-order valence-electron chi connectivity index (χ1n) is 7.05. The number of hydrogen-bond acceptors (Lipinski definition) is 2. The zero-order valence-corrected chi connectivity index (χ0v) is 13.9. The van der Waals surface area contributed by atoms with Crippen LogP contribution < -0.4 is 4.74 Å². The van der Waals surface area contributed by atoms with E-state index in [0.717, 1.165) is 23.1 Å². The average Bonchev–Trinajstić information content (AvgIpc) is 2.55. The summed E-state index contributed by atoms with van der Waals surface area (Å²) in [4.78, 5) is 0. The third-order valence-electron chi connectivity index (χ3n) is 3.60. The Morgan fingerprint density at radius 3 is 2.62 bits per heavy atom. The molecule has 0 N–H and O–H groups in total. The molecule has 108 valence electrons. The van der Waals surface area contributed by atoms with Crippen LogP contribution in [0.1, 0.15) is 42.9 Å². The van der Waals surface area contributed by atoms with E-state index in [9.17, 15) is 5.26 Å². The van der Waals surface area contributed by atoms with Gasteiger partial charge >= 0.3 is 0 Å². The van der Waals surface area contributed by atoms with E-state index in [1.807, 2.05) is 36.4 Å². The van der Waals surface area contributed by atoms with Crippen LogP contribution in [-0.2, 0) is 5.33 Å². The van der Waals surface area contributed by atoms with Crippen LogP contribution in [0, 0.1) is 11.3 Å². The Morgan fingerprint density at radius 1 is 1.19 bits per heavy atom. The molecule has 1 unspecified atom stereocenters. The molecule has 0 amide bonds. The summed E-state index contributed by atoms with van der Waals surface area (Å²) in [6, 6.07) is 15.9. The van der Waals surface area contributed by atoms with Crippen LogP contribution in [0.15, 0.2) is 42.5 Å². The lowest BCUT2D eigenvalue weighted by molar-refractivity contribution is 0.468. The average molecular weight is 344 g/mol. The highest BCUT2D eigenvalue weighted by atomic mass is 79.9. The number of halogens is 1. The molecule has 0 spiro atoms. The summed E-state index contributed by atoms with van der Waals surface area (Å²) in [5, 5.41) is 10.0. The van der Waals surface area contributed by atoms with Crippen molar-refractivity contribution in [3.8, 4) is 17.6 Å². The molecule has 2 rings (SSSR count). The van der Waals surface area contributed by atoms with Crippen LogP contribution in [0.25, 0.3) is 0 Å². The van der Waals surface area contributed by atoms with Crippen molar-refractivity contribution in [2.24, 2.45) is 0 Å². The van der Waals surface area contributed by atoms with Crippen molar-refractivity contribution in [1.29, 1.82) is 5.26 Å². The molecular weight excluding hydrogens is 326 g/mol. The topological polar surface area (TPSA) is 33.0 Å². The van der Waals surface area contributed by atoms with Crippen LogP contribution in [0.2, 0.25) is 0 Å². The molecule has 0 fully saturated rings. The summed E-state index contributed by atoms with van der Waals surface area (Å²) in [7, 11) is 0. The number of nitriles is 1. The summed E-state index contributed by atoms with van der Waals surface area (Å²) < 4.78 is 6.02. The van der Waals surface area contributed by atoms with E-state index in [4.69, 9.17) is 4.74 Å². The first kappa shape index (κ1) is 15.6. The van der Waals surface area contributed by atoms with E-state index in [1.165, 1.54) is 5.56 Å². The predicted octanol–water partition coefficient (Wildman–Crippen LogP) is 5.76. The molecule has 2 aromatic carbocycles. The Morgan fingerprint density at radius 2 is 1.95 bits per heavy atom. The second-order valence-electron chi connectivity index (χ2n) is 5.03. The summed E-state index contributed by atoms with van der Waals surface area (Å²) in [5.74, 6) is 1.86. The van der Waals surface area contributed by atoms with Gasteiger partial charge in [-0.2, -0.15) is 5.26 Å². The van der Waals surface area contributed by atoms with Crippen LogP contribution in [0.4, 0.5) is 0 Å². The van der Waals surface area contributed by atoms with Gasteiger partial charge in [0.2, 0.25) is 0 Å². The van der Waals surface area contributed by atoms with Crippen LogP contribution in [0.5, 0.6) is 11.5 Å². The molecule has 0 aliphatic rings. The second-order valence-corrected chi connectivity index (χ2v) is 5.59. The van der Waals surface area contributed by atoms with E-state index in [-0.39, 0.29) is 0 Å². The SMILES string of the molecule is CCC(C)c1ccccc1Oc1ccc(CBr)cc1C#N. The molecule has 0 heterocycles. The van der Waals surface area contributed by atoms with Gasteiger partial charge in [0.15, 0.2) is 0 Å². The summed E-state index contributed by atoms with van der Waals surface area (Å²) in [6.45, 7) is 4.34. The van der Waals surface area contributed by atoms with E-state index < -0.39 is 0 Å². The maximum Gasteiger partial charge on any atom is 0.145 e. The maximum absolute atomic E-state index is 9.30. The van der Waals surface area contributed by atoms with Gasteiger partial charge in [0.25, 0.3) is 0 Å². The highest BCUT2D eigenvalue weighted by molar-refractivity contribution is 9.08. The molecule has 0 radical (unpaired) electrons. The van der Waals surface area contributed by atoms with Gasteiger partial charge in [-0.1, -0.05) is 54.0 Å². The van der Waals surface area contributed by atoms with Gasteiger partial charge in [0.05, 0.1) is 5.56 Å². The summed E-state index contributed by atoms with van der Waals surface area (Å²) in [5.41, 5.74) is 2.80. The van der Waals surface area contributed by atoms with Crippen molar-refractivity contribution in [1.82, 2.24) is 0 Å². The maximum atomic E-state index is 9.30. The van der Waals surface area contributed by atoms with Crippen molar-refractivity contribution in [3.63, 3.8) is 0 Å². The third kappa shape index (κ3) is 3.65. The van der Waals surface area contributed by atoms with Crippen LogP contribution >= 0.6 is 15.9 Å². The molecule has 21 heavy (non-hydrogen) atoms. The fourth-order valence-corrected chi connectivity index (χ4v) is 2.50. The lowest BCUT2D eigenvalue weighted by Crippen LogP contribution is -1.97. The highest BCUT2D eigenvalue weighted by Crippen LogP contribution is 2.33. The first-order valence-corrected chi connectivity index (χ1v) is 8.17. The van der Waals surface area contributed by atoms with Gasteiger partial charge in [-0.3, -0.25) is 0 Å². The third-order valence-corrected chi connectivity index (χ3v) is 4.25. The Hall–Kier alpha value is -1.79. The number of alkyl halides is 1. The molecule has 2 nitrogen and oxygen atoms in total. The number of nitrogens with zero attached hydrogens (tertiary/aromatic N) is 1. The predicted molar refractivity (Wildman–Crippen MR) is 89.0 cm³/mol. The lowest BCUT2D eigenvalue weighted by Gasteiger charge is -2.16. The number of ether oxygens (including phenoxy) is 1. The minimum absolute atomic E-state index is 0.425. The number of benzene rings is 2. The number of para-hydroxylation sites is 1. The van der Waals surface area contributed by atoms with Gasteiger partial charge in [-0.05, 0) is 41.7 Å². The Balaban J connectivity index is 2.37. The molecule has 0 saturated heterocycles. The van der Waals surface area contributed by atoms with Crippen molar-refractivity contribution < 1.29 is 4.74 Å². The summed E-state index contributed by atoms with van der Waals surface area (Å²) >= 11 is 3.40. The van der Waals surface area contributed by atoms with E-state index in [0.29, 0.717) is 17.2 Å². The number of rotatable bonds is 5. The molecule has 0 aliphatic heterocycles. The van der Waals surface area contributed by atoms with Gasteiger partial charge in [-0.15, -0.1) is 0 Å². The van der Waals surface area contributed by atoms with Crippen molar-refractivity contribution in [3.05, 3.63) is 59.2 Å². The molecule has 3 heteroatoms. The second kappa shape index (κ2) is 7.28. The van der Waals surface area contributed by atoms with Gasteiger partial charge in [-0.25, -0.2) is 0 Å². The minimum Gasteiger partial charge on any atom is -0.456 e. The van der Waals surface area contributed by atoms with Gasteiger partial charge < -0.3 is 4.74 Å². The quantitative estimate of drug-likeness (QED) is 0.646. The highest BCUT2D eigenvalue weighted by Gasteiger charge is 2.12. The van der Waals surface area contributed by atoms with Gasteiger partial charge in [0.1, 0.15) is 17.6 Å². The fraction of sp³-hybridized carbons (Fsp3) is 0.278. The van der Waals surface area contributed by atoms with Crippen LogP contribution in [-0.4, -0.2) is 0 Å². The van der Waals surface area contributed by atoms with Crippen molar-refractivity contribution >= 4 is 15.9 Å². The molecule has 0 aliphatic carbocycles. The largest absolute Gasteiger partial charge is 0.456 e. The van der Waals surface area contributed by atoms with E-state index in [2.05, 4.69) is 41.9 Å². The van der Waals surface area contributed by atoms with Crippen LogP contribution in [0.3, 0.4) is 0 Å². The fourth-order valence-electron chi connectivity index (χ4n) is 2.16. The summed E-state index contributed by atoms with van der Waals surface area (Å²) in [6.07, 6.45) is 1.05.